The summed E-state index contributed by atoms with van der Waals surface area (Å²) in [6.45, 7) is 12.3. The quantitative estimate of drug-likeness (QED) is 0.318. The zero-order chi connectivity index (χ0) is 27.8. The van der Waals surface area contributed by atoms with Crippen LogP contribution in [0.25, 0.3) is 33.8 Å². The average molecular weight is 538 g/mol. The van der Waals surface area contributed by atoms with Crippen molar-refractivity contribution in [2.45, 2.75) is 77.9 Å². The number of rotatable bonds is 7. The van der Waals surface area contributed by atoms with Crippen LogP contribution in [-0.4, -0.2) is 50.6 Å². The van der Waals surface area contributed by atoms with Crippen molar-refractivity contribution in [3.63, 3.8) is 0 Å². The highest BCUT2D eigenvalue weighted by Gasteiger charge is 2.46. The van der Waals surface area contributed by atoms with Gasteiger partial charge in [0.1, 0.15) is 22.5 Å². The number of hydrogen-bond acceptors (Lipinski definition) is 9. The van der Waals surface area contributed by atoms with Crippen LogP contribution in [0.15, 0.2) is 45.6 Å². The highest BCUT2D eigenvalue weighted by Crippen LogP contribution is 2.36. The first-order valence-electron chi connectivity index (χ1n) is 13.2. The van der Waals surface area contributed by atoms with Crippen molar-refractivity contribution < 1.29 is 27.9 Å². The minimum absolute atomic E-state index is 0.145. The molecule has 0 spiro atoms. The van der Waals surface area contributed by atoms with E-state index in [2.05, 4.69) is 27.5 Å². The number of carbonyl (C=O) groups is 1. The molecule has 0 radical (unpaired) electrons. The minimum Gasteiger partial charge on any atom is -0.458 e. The van der Waals surface area contributed by atoms with Gasteiger partial charge in [0.25, 0.3) is 5.89 Å². The van der Waals surface area contributed by atoms with Gasteiger partial charge in [0.2, 0.25) is 5.82 Å². The molecule has 1 aromatic carbocycles. The molecule has 0 atom stereocenters. The summed E-state index contributed by atoms with van der Waals surface area (Å²) in [5.41, 5.74) is 0.418. The molecule has 0 saturated carbocycles. The summed E-state index contributed by atoms with van der Waals surface area (Å²) in [5.74, 6) is 0.550. The number of amides is 1. The molecule has 1 N–H and O–H groups in total. The lowest BCUT2D eigenvalue weighted by Crippen LogP contribution is -2.59. The van der Waals surface area contributed by atoms with Crippen molar-refractivity contribution in [1.82, 2.24) is 25.2 Å². The molecule has 4 heterocycles. The van der Waals surface area contributed by atoms with Crippen molar-refractivity contribution in [2.75, 3.05) is 13.2 Å². The molecule has 0 unspecified atom stereocenters. The maximum absolute atomic E-state index is 12.8. The van der Waals surface area contributed by atoms with Gasteiger partial charge in [0, 0.05) is 23.7 Å². The predicted molar refractivity (Wildman–Crippen MR) is 143 cm³/mol. The van der Waals surface area contributed by atoms with Gasteiger partial charge in [-0.25, -0.2) is 4.79 Å². The number of alkyl carbamates (subject to hydrolysis) is 1. The van der Waals surface area contributed by atoms with E-state index in [1.54, 1.807) is 27.0 Å². The van der Waals surface area contributed by atoms with E-state index < -0.39 is 23.0 Å². The summed E-state index contributed by atoms with van der Waals surface area (Å²) in [7, 11) is 0. The van der Waals surface area contributed by atoms with Crippen LogP contribution >= 0.6 is 0 Å². The van der Waals surface area contributed by atoms with Crippen molar-refractivity contribution in [3.05, 3.63) is 42.4 Å². The van der Waals surface area contributed by atoms with Crippen LogP contribution in [0.3, 0.4) is 0 Å². The minimum atomic E-state index is -1.08. The lowest BCUT2D eigenvalue weighted by atomic mass is 9.96. The third-order valence-electron chi connectivity index (χ3n) is 6.37. The normalized spacial score (nSPS) is 16.9. The Kier molecular flexibility index (Phi) is 6.98. The zero-order valence-electron chi connectivity index (χ0n) is 23.2. The van der Waals surface area contributed by atoms with Crippen LogP contribution in [-0.2, 0) is 26.3 Å². The first-order valence-corrected chi connectivity index (χ1v) is 13.2. The molecule has 1 aliphatic rings. The van der Waals surface area contributed by atoms with Gasteiger partial charge in [0.05, 0.1) is 25.0 Å². The molecule has 5 rings (SSSR count). The number of hydrogen-bond donors (Lipinski definition) is 1. The third-order valence-corrected chi connectivity index (χ3v) is 6.37. The molecule has 0 aliphatic carbocycles. The molecule has 3 aromatic heterocycles. The van der Waals surface area contributed by atoms with Gasteiger partial charge in [-0.15, -0.1) is 0 Å². The summed E-state index contributed by atoms with van der Waals surface area (Å²) in [6.07, 6.45) is 5.19. The summed E-state index contributed by atoms with van der Waals surface area (Å²) >= 11 is 0. The molecule has 11 nitrogen and oxygen atoms in total. The SMILES string of the molecule is CCCCn1cc(-c2nc(-c3ccc4oc(C5(NC(=O)OC(C)(C)C)COC(C)(C)OC5)cc4c3)no2)cn1. The molecule has 39 heavy (non-hydrogen) atoms. The first-order chi connectivity index (χ1) is 18.5. The molecule has 4 aromatic rings. The number of nitrogens with zero attached hydrogens (tertiary/aromatic N) is 4. The van der Waals surface area contributed by atoms with E-state index in [1.807, 2.05) is 49.0 Å². The predicted octanol–water partition coefficient (Wildman–Crippen LogP) is 5.65. The van der Waals surface area contributed by atoms with Gasteiger partial charge in [0.15, 0.2) is 5.79 Å². The van der Waals surface area contributed by atoms with Crippen molar-refractivity contribution in [2.24, 2.45) is 0 Å². The molecule has 1 saturated heterocycles. The van der Waals surface area contributed by atoms with E-state index >= 15 is 0 Å². The first kappa shape index (κ1) is 26.9. The standard InChI is InChI=1S/C28H35N5O6/c1-7-8-11-33-15-20(14-29-33)24-30-23(32-39-24)18-9-10-21-19(12-18)13-22(37-21)28(16-35-27(5,6)36-17-28)31-25(34)38-26(2,3)4/h9-10,12-15H,7-8,11,16-17H2,1-6H3,(H,31,34). The van der Waals surface area contributed by atoms with E-state index in [0.717, 1.165) is 35.9 Å². The van der Waals surface area contributed by atoms with Crippen molar-refractivity contribution in [1.29, 1.82) is 0 Å². The Morgan fingerprint density at radius 2 is 1.92 bits per heavy atom. The van der Waals surface area contributed by atoms with Gasteiger partial charge in [-0.2, -0.15) is 10.1 Å². The van der Waals surface area contributed by atoms with Crippen LogP contribution in [0.1, 0.15) is 60.1 Å². The Morgan fingerprint density at radius 3 is 2.64 bits per heavy atom. The summed E-state index contributed by atoms with van der Waals surface area (Å²) < 4.78 is 31.0. The summed E-state index contributed by atoms with van der Waals surface area (Å²) in [4.78, 5) is 17.4. The Hall–Kier alpha value is -3.70. The highest BCUT2D eigenvalue weighted by molar-refractivity contribution is 5.83. The topological polar surface area (TPSA) is 127 Å². The molecule has 1 fully saturated rings. The van der Waals surface area contributed by atoms with Gasteiger partial charge in [-0.3, -0.25) is 4.68 Å². The van der Waals surface area contributed by atoms with Gasteiger partial charge >= 0.3 is 6.09 Å². The molecule has 208 valence electrons. The molecular weight excluding hydrogens is 502 g/mol. The summed E-state index contributed by atoms with van der Waals surface area (Å²) in [6, 6.07) is 7.47. The molecule has 11 heteroatoms. The molecule has 0 bridgehead atoms. The summed E-state index contributed by atoms with van der Waals surface area (Å²) in [5, 5.41) is 12.3. The number of furan rings is 1. The third kappa shape index (κ3) is 5.99. The molecule has 1 aliphatic heterocycles. The van der Waals surface area contributed by atoms with Crippen LogP contribution < -0.4 is 5.32 Å². The number of benzene rings is 1. The Bertz CT molecular complexity index is 1450. The monoisotopic (exact) mass is 537 g/mol. The maximum atomic E-state index is 12.8. The number of aryl methyl sites for hydroxylation is 1. The van der Waals surface area contributed by atoms with Gasteiger partial charge in [-0.05, 0) is 65.3 Å². The van der Waals surface area contributed by atoms with E-state index in [-0.39, 0.29) is 13.2 Å². The number of carbonyl (C=O) groups excluding carboxylic acids is 1. The van der Waals surface area contributed by atoms with Crippen LogP contribution in [0, 0.1) is 0 Å². The maximum Gasteiger partial charge on any atom is 0.408 e. The van der Waals surface area contributed by atoms with Crippen LogP contribution in [0.2, 0.25) is 0 Å². The van der Waals surface area contributed by atoms with Gasteiger partial charge < -0.3 is 28.5 Å². The number of aromatic nitrogens is 4. The second-order valence-corrected chi connectivity index (χ2v) is 11.3. The average Bonchev–Trinajstić information content (AvgIpc) is 3.61. The van der Waals surface area contributed by atoms with Gasteiger partial charge in [-0.1, -0.05) is 18.5 Å². The zero-order valence-corrected chi connectivity index (χ0v) is 23.2. The van der Waals surface area contributed by atoms with E-state index in [4.69, 9.17) is 23.2 Å². The fourth-order valence-corrected chi connectivity index (χ4v) is 4.25. The van der Waals surface area contributed by atoms with E-state index in [0.29, 0.717) is 23.1 Å². The second-order valence-electron chi connectivity index (χ2n) is 11.3. The number of fused-ring (bicyclic) bond motifs is 1. The highest BCUT2D eigenvalue weighted by atomic mass is 16.7. The molecular formula is C28H35N5O6. The Labute approximate surface area is 226 Å². The molecule has 1 amide bonds. The Balaban J connectivity index is 1.42. The van der Waals surface area contributed by atoms with Crippen molar-refractivity contribution >= 4 is 17.1 Å². The fraction of sp³-hybridized carbons (Fsp3) is 0.500. The number of unbranched alkanes of at least 4 members (excludes halogenated alkanes) is 1. The van der Waals surface area contributed by atoms with Crippen LogP contribution in [0.4, 0.5) is 4.79 Å². The lowest BCUT2D eigenvalue weighted by Gasteiger charge is -2.42. The van der Waals surface area contributed by atoms with E-state index in [1.165, 1.54) is 0 Å². The van der Waals surface area contributed by atoms with Crippen LogP contribution in [0.5, 0.6) is 0 Å². The lowest BCUT2D eigenvalue weighted by molar-refractivity contribution is -0.274. The van der Waals surface area contributed by atoms with E-state index in [9.17, 15) is 4.79 Å². The Morgan fingerprint density at radius 1 is 1.15 bits per heavy atom. The van der Waals surface area contributed by atoms with Crippen molar-refractivity contribution in [3.8, 4) is 22.8 Å². The smallest absolute Gasteiger partial charge is 0.408 e. The number of ether oxygens (including phenoxy) is 3. The number of nitrogens with one attached hydrogen (secondary N) is 1. The second kappa shape index (κ2) is 10.1. The largest absolute Gasteiger partial charge is 0.458 e. The fourth-order valence-electron chi connectivity index (χ4n) is 4.25.